The molecule has 0 radical (unpaired) electrons. The van der Waals surface area contributed by atoms with Crippen LogP contribution < -0.4 is 10.9 Å². The van der Waals surface area contributed by atoms with Crippen LogP contribution in [0.5, 0.6) is 0 Å². The number of carbonyl (C=O) groups is 1. The van der Waals surface area contributed by atoms with Gasteiger partial charge in [-0.15, -0.1) is 11.8 Å². The molecule has 0 aliphatic carbocycles. The third-order valence-electron chi connectivity index (χ3n) is 4.15. The number of aromatic nitrogens is 2. The lowest BCUT2D eigenvalue weighted by atomic mass is 10.1. The highest BCUT2D eigenvalue weighted by Gasteiger charge is 2.10. The normalized spacial score (nSPS) is 11.1. The van der Waals surface area contributed by atoms with Gasteiger partial charge in [-0.2, -0.15) is 5.10 Å². The van der Waals surface area contributed by atoms with Gasteiger partial charge in [-0.3, -0.25) is 9.59 Å². The van der Waals surface area contributed by atoms with Crippen molar-refractivity contribution in [3.05, 3.63) is 70.1 Å². The van der Waals surface area contributed by atoms with Crippen LogP contribution in [0.3, 0.4) is 0 Å². The third kappa shape index (κ3) is 4.77. The first kappa shape index (κ1) is 19.2. The van der Waals surface area contributed by atoms with Gasteiger partial charge in [0.15, 0.2) is 0 Å². The Morgan fingerprint density at radius 1 is 1.11 bits per heavy atom. The van der Waals surface area contributed by atoms with Crippen molar-refractivity contribution in [2.45, 2.75) is 37.0 Å². The Hall–Kier alpha value is -2.60. The summed E-state index contributed by atoms with van der Waals surface area (Å²) in [6, 6.07) is 15.4. The molecule has 0 aliphatic heterocycles. The summed E-state index contributed by atoms with van der Waals surface area (Å²) in [6.07, 6.45) is 0.316. The molecule has 3 aromatic rings. The number of nitrogens with one attached hydrogen (secondary N) is 1. The maximum absolute atomic E-state index is 12.3. The minimum absolute atomic E-state index is 0.0704. The number of thioether (sulfide) groups is 1. The Labute approximate surface area is 162 Å². The largest absolute Gasteiger partial charge is 0.350 e. The highest BCUT2D eigenvalue weighted by Crippen LogP contribution is 2.23. The zero-order chi connectivity index (χ0) is 19.4. The van der Waals surface area contributed by atoms with Gasteiger partial charge in [-0.05, 0) is 23.8 Å². The van der Waals surface area contributed by atoms with Crippen molar-refractivity contribution >= 4 is 28.4 Å². The van der Waals surface area contributed by atoms with Gasteiger partial charge < -0.3 is 5.32 Å². The van der Waals surface area contributed by atoms with Crippen molar-refractivity contribution in [3.8, 4) is 0 Å². The summed E-state index contributed by atoms with van der Waals surface area (Å²) in [5.41, 5.74) is 1.52. The Kier molecular flexibility index (Phi) is 5.96. The first-order valence-electron chi connectivity index (χ1n) is 8.91. The topological polar surface area (TPSA) is 64.0 Å². The van der Waals surface area contributed by atoms with E-state index in [2.05, 4.69) is 36.4 Å². The molecular weight excluding hydrogens is 358 g/mol. The Balaban J connectivity index is 1.67. The van der Waals surface area contributed by atoms with Crippen molar-refractivity contribution in [1.82, 2.24) is 15.1 Å². The average molecular weight is 382 g/mol. The molecule has 0 atom stereocenters. The maximum Gasteiger partial charge on any atom is 0.274 e. The molecule has 0 saturated heterocycles. The number of amides is 1. The number of carbonyl (C=O) groups excluding carboxylic acids is 1. The molecule has 6 heteroatoms. The molecule has 1 amide bonds. The Morgan fingerprint density at radius 3 is 2.44 bits per heavy atom. The van der Waals surface area contributed by atoms with E-state index in [-0.39, 0.29) is 18.0 Å². The van der Waals surface area contributed by atoms with Crippen LogP contribution in [0.2, 0.25) is 0 Å². The van der Waals surface area contributed by atoms with Crippen LogP contribution in [0.4, 0.5) is 0 Å². The van der Waals surface area contributed by atoms with Crippen molar-refractivity contribution < 1.29 is 4.79 Å². The van der Waals surface area contributed by atoms with E-state index < -0.39 is 0 Å². The molecule has 0 spiro atoms. The first-order chi connectivity index (χ1) is 12.9. The summed E-state index contributed by atoms with van der Waals surface area (Å²) in [5, 5.41) is 9.13. The fourth-order valence-electron chi connectivity index (χ4n) is 2.89. The molecule has 0 bridgehead atoms. The Morgan fingerprint density at radius 2 is 1.78 bits per heavy atom. The second-order valence-corrected chi connectivity index (χ2v) is 8.34. The number of nitrogens with zero attached hydrogens (tertiary/aromatic N) is 2. The van der Waals surface area contributed by atoms with Gasteiger partial charge in [0.05, 0.1) is 24.0 Å². The number of rotatable bonds is 6. The van der Waals surface area contributed by atoms with E-state index in [9.17, 15) is 9.59 Å². The summed E-state index contributed by atoms with van der Waals surface area (Å²) >= 11 is 1.80. The van der Waals surface area contributed by atoms with Crippen molar-refractivity contribution in [2.75, 3.05) is 0 Å². The van der Waals surface area contributed by atoms with E-state index in [1.165, 1.54) is 9.58 Å². The smallest absolute Gasteiger partial charge is 0.274 e. The molecule has 0 saturated carbocycles. The second-order valence-electron chi connectivity index (χ2n) is 6.69. The molecule has 0 fully saturated rings. The van der Waals surface area contributed by atoms with Crippen molar-refractivity contribution in [2.24, 2.45) is 7.05 Å². The van der Waals surface area contributed by atoms with Gasteiger partial charge in [0.25, 0.3) is 5.56 Å². The summed E-state index contributed by atoms with van der Waals surface area (Å²) in [6.45, 7) is 4.60. The first-order valence-corrected chi connectivity index (χ1v) is 9.79. The highest BCUT2D eigenvalue weighted by atomic mass is 32.2. The lowest BCUT2D eigenvalue weighted by Gasteiger charge is -2.10. The van der Waals surface area contributed by atoms with Crippen LogP contribution in [-0.2, 0) is 24.8 Å². The van der Waals surface area contributed by atoms with Crippen molar-refractivity contribution in [1.29, 1.82) is 0 Å². The fraction of sp³-hybridized carbons (Fsp3) is 0.286. The van der Waals surface area contributed by atoms with Gasteiger partial charge in [0, 0.05) is 22.6 Å². The fourth-order valence-corrected chi connectivity index (χ4v) is 3.73. The second kappa shape index (κ2) is 8.39. The maximum atomic E-state index is 12.3. The quantitative estimate of drug-likeness (QED) is 0.666. The molecule has 5 nitrogen and oxygen atoms in total. The van der Waals surface area contributed by atoms with Crippen molar-refractivity contribution in [3.63, 3.8) is 0 Å². The predicted molar refractivity (Wildman–Crippen MR) is 110 cm³/mol. The number of aryl methyl sites for hydroxylation is 1. The van der Waals surface area contributed by atoms with Crippen LogP contribution >= 0.6 is 11.8 Å². The van der Waals surface area contributed by atoms with E-state index in [0.29, 0.717) is 22.8 Å². The standard InChI is InChI=1S/C21H23N3O2S/c1-14(2)27-16-10-8-15(9-11-16)12-20(25)22-13-19-17-6-4-5-7-18(17)21(26)24(3)23-19/h4-11,14H,12-13H2,1-3H3,(H,22,25). The van der Waals surface area contributed by atoms with Gasteiger partial charge in [-0.25, -0.2) is 4.68 Å². The molecule has 3 rings (SSSR count). The number of benzene rings is 2. The molecule has 1 N–H and O–H groups in total. The summed E-state index contributed by atoms with van der Waals surface area (Å²) in [4.78, 5) is 25.7. The monoisotopic (exact) mass is 381 g/mol. The molecule has 140 valence electrons. The molecule has 1 aromatic heterocycles. The molecule has 27 heavy (non-hydrogen) atoms. The summed E-state index contributed by atoms with van der Waals surface area (Å²) < 4.78 is 1.31. The van der Waals surface area contributed by atoms with E-state index >= 15 is 0 Å². The zero-order valence-corrected chi connectivity index (χ0v) is 16.5. The SMILES string of the molecule is CC(C)Sc1ccc(CC(=O)NCc2nn(C)c(=O)c3ccccc23)cc1. The minimum Gasteiger partial charge on any atom is -0.350 e. The van der Waals surface area contributed by atoms with Gasteiger partial charge in [0.2, 0.25) is 5.91 Å². The Bertz CT molecular complexity index is 1010. The molecular formula is C21H23N3O2S. The van der Waals surface area contributed by atoms with Crippen LogP contribution in [0, 0.1) is 0 Å². The van der Waals surface area contributed by atoms with Crippen LogP contribution in [-0.4, -0.2) is 20.9 Å². The summed E-state index contributed by atoms with van der Waals surface area (Å²) in [5.74, 6) is -0.0704. The molecule has 0 unspecified atom stereocenters. The van der Waals surface area contributed by atoms with E-state index in [4.69, 9.17) is 0 Å². The molecule has 0 aliphatic rings. The highest BCUT2D eigenvalue weighted by molar-refractivity contribution is 7.99. The molecule has 2 aromatic carbocycles. The zero-order valence-electron chi connectivity index (χ0n) is 15.7. The lowest BCUT2D eigenvalue weighted by molar-refractivity contribution is -0.120. The van der Waals surface area contributed by atoms with Crippen LogP contribution in [0.25, 0.3) is 10.8 Å². The van der Waals surface area contributed by atoms with Crippen LogP contribution in [0.15, 0.2) is 58.2 Å². The lowest BCUT2D eigenvalue weighted by Crippen LogP contribution is -2.28. The van der Waals surface area contributed by atoms with Gasteiger partial charge >= 0.3 is 0 Å². The number of hydrogen-bond donors (Lipinski definition) is 1. The van der Waals surface area contributed by atoms with E-state index in [1.807, 2.05) is 30.3 Å². The van der Waals surface area contributed by atoms with E-state index in [1.54, 1.807) is 24.9 Å². The van der Waals surface area contributed by atoms with Crippen LogP contribution in [0.1, 0.15) is 25.1 Å². The van der Waals surface area contributed by atoms with Gasteiger partial charge in [0.1, 0.15) is 0 Å². The number of hydrogen-bond acceptors (Lipinski definition) is 4. The van der Waals surface area contributed by atoms with Gasteiger partial charge in [-0.1, -0.05) is 44.2 Å². The summed E-state index contributed by atoms with van der Waals surface area (Å²) in [7, 11) is 1.62. The van der Waals surface area contributed by atoms with E-state index in [0.717, 1.165) is 10.9 Å². The predicted octanol–water partition coefficient (Wildman–Crippen LogP) is 3.29. The molecule has 1 heterocycles. The number of fused-ring (bicyclic) bond motifs is 1. The average Bonchev–Trinajstić information content (AvgIpc) is 2.65. The third-order valence-corrected chi connectivity index (χ3v) is 5.16. The minimum atomic E-state index is -0.139.